The van der Waals surface area contributed by atoms with Crippen LogP contribution < -0.4 is 27.0 Å². The van der Waals surface area contributed by atoms with Crippen molar-refractivity contribution < 1.29 is 14.5 Å². The van der Waals surface area contributed by atoms with Gasteiger partial charge >= 0.3 is 0 Å². The number of hydrogen-bond donors (Lipinski definition) is 5. The van der Waals surface area contributed by atoms with E-state index in [1.165, 1.54) is 12.3 Å². The van der Waals surface area contributed by atoms with Gasteiger partial charge < -0.3 is 27.0 Å². The zero-order valence-electron chi connectivity index (χ0n) is 21.6. The van der Waals surface area contributed by atoms with Crippen molar-refractivity contribution >= 4 is 40.6 Å². The maximum atomic E-state index is 13.3. The lowest BCUT2D eigenvalue weighted by Crippen LogP contribution is -2.42. The summed E-state index contributed by atoms with van der Waals surface area (Å²) in [6.45, 7) is 2.63. The number of nitrogens with one attached hydrogen (secondary N) is 4. The van der Waals surface area contributed by atoms with E-state index >= 15 is 0 Å². The van der Waals surface area contributed by atoms with Crippen LogP contribution in [0.2, 0.25) is 0 Å². The van der Waals surface area contributed by atoms with Gasteiger partial charge in [-0.1, -0.05) is 19.1 Å². The molecule has 0 bridgehead atoms. The molecule has 2 aromatic carbocycles. The van der Waals surface area contributed by atoms with E-state index in [4.69, 9.17) is 5.73 Å². The summed E-state index contributed by atoms with van der Waals surface area (Å²) >= 11 is 0. The lowest BCUT2D eigenvalue weighted by molar-refractivity contribution is -0.384. The molecule has 1 heterocycles. The summed E-state index contributed by atoms with van der Waals surface area (Å²) in [4.78, 5) is 44.4. The molecule has 12 nitrogen and oxygen atoms in total. The molecule has 39 heavy (non-hydrogen) atoms. The summed E-state index contributed by atoms with van der Waals surface area (Å²) in [7, 11) is 0. The summed E-state index contributed by atoms with van der Waals surface area (Å²) in [5, 5.41) is 24.0. The average Bonchev–Trinajstić information content (AvgIpc) is 2.92. The third kappa shape index (κ3) is 7.18. The summed E-state index contributed by atoms with van der Waals surface area (Å²) in [5.41, 5.74) is 7.19. The highest BCUT2D eigenvalue weighted by Gasteiger charge is 2.26. The molecule has 1 aliphatic carbocycles. The third-order valence-corrected chi connectivity index (χ3v) is 6.47. The van der Waals surface area contributed by atoms with Crippen LogP contribution in [0.4, 0.5) is 28.8 Å². The van der Waals surface area contributed by atoms with E-state index in [1.807, 2.05) is 6.92 Å². The van der Waals surface area contributed by atoms with Crippen molar-refractivity contribution in [3.8, 4) is 0 Å². The number of carbonyl (C=O) groups excluding carboxylic acids is 2. The van der Waals surface area contributed by atoms with Crippen LogP contribution in [-0.4, -0.2) is 45.3 Å². The predicted molar refractivity (Wildman–Crippen MR) is 149 cm³/mol. The van der Waals surface area contributed by atoms with Gasteiger partial charge in [0.25, 0.3) is 11.6 Å². The number of benzene rings is 2. The Morgan fingerprint density at radius 2 is 1.85 bits per heavy atom. The van der Waals surface area contributed by atoms with Gasteiger partial charge in [-0.25, -0.2) is 4.98 Å². The lowest BCUT2D eigenvalue weighted by Gasteiger charge is -2.31. The number of primary amides is 1. The van der Waals surface area contributed by atoms with E-state index in [-0.39, 0.29) is 23.7 Å². The van der Waals surface area contributed by atoms with Gasteiger partial charge in [0.1, 0.15) is 17.1 Å². The van der Waals surface area contributed by atoms with Crippen molar-refractivity contribution in [2.24, 2.45) is 5.73 Å². The Labute approximate surface area is 226 Å². The molecule has 12 heteroatoms. The summed E-state index contributed by atoms with van der Waals surface area (Å²) < 4.78 is 0. The molecule has 1 aliphatic rings. The normalized spacial score (nSPS) is 16.6. The number of carbonyl (C=O) groups is 2. The van der Waals surface area contributed by atoms with Crippen LogP contribution in [0.15, 0.2) is 54.7 Å². The van der Waals surface area contributed by atoms with Crippen LogP contribution in [0.25, 0.3) is 0 Å². The summed E-state index contributed by atoms with van der Waals surface area (Å²) in [6.07, 6.45) is 5.48. The highest BCUT2D eigenvalue weighted by Crippen LogP contribution is 2.28. The Kier molecular flexibility index (Phi) is 8.87. The molecule has 4 rings (SSSR count). The van der Waals surface area contributed by atoms with Crippen LogP contribution in [-0.2, 0) is 0 Å². The molecule has 2 atom stereocenters. The van der Waals surface area contributed by atoms with Gasteiger partial charge in [0.05, 0.1) is 4.92 Å². The van der Waals surface area contributed by atoms with Gasteiger partial charge in [-0.2, -0.15) is 4.98 Å². The second kappa shape index (κ2) is 12.7. The minimum Gasteiger partial charge on any atom is -0.377 e. The summed E-state index contributed by atoms with van der Waals surface area (Å²) in [5.74, 6) is -0.0997. The van der Waals surface area contributed by atoms with Crippen LogP contribution in [0.3, 0.4) is 0 Å². The molecule has 0 aliphatic heterocycles. The average molecular weight is 533 g/mol. The minimum absolute atomic E-state index is 0.00776. The largest absolute Gasteiger partial charge is 0.377 e. The van der Waals surface area contributed by atoms with Crippen LogP contribution in [0.5, 0.6) is 0 Å². The van der Waals surface area contributed by atoms with E-state index in [0.717, 1.165) is 25.7 Å². The van der Waals surface area contributed by atoms with E-state index in [1.54, 1.807) is 42.5 Å². The number of anilines is 4. The molecule has 1 fully saturated rings. The molecule has 1 aromatic heterocycles. The van der Waals surface area contributed by atoms with Gasteiger partial charge in [0.2, 0.25) is 11.9 Å². The number of nitro benzene ring substituents is 1. The number of aromatic nitrogens is 2. The maximum Gasteiger partial charge on any atom is 0.292 e. The number of nitrogens with zero attached hydrogens (tertiary/aromatic N) is 3. The number of amides is 2. The minimum atomic E-state index is -0.513. The molecule has 3 aromatic rings. The fourth-order valence-corrected chi connectivity index (χ4v) is 4.52. The molecule has 0 unspecified atom stereocenters. The molecule has 0 saturated heterocycles. The Bertz CT molecular complexity index is 1330. The van der Waals surface area contributed by atoms with E-state index < -0.39 is 10.8 Å². The van der Waals surface area contributed by atoms with Crippen molar-refractivity contribution in [1.29, 1.82) is 0 Å². The zero-order valence-corrected chi connectivity index (χ0v) is 21.6. The van der Waals surface area contributed by atoms with E-state index in [2.05, 4.69) is 31.2 Å². The van der Waals surface area contributed by atoms with Crippen molar-refractivity contribution in [2.75, 3.05) is 22.5 Å². The first kappa shape index (κ1) is 27.3. The highest BCUT2D eigenvalue weighted by molar-refractivity contribution is 5.99. The zero-order chi connectivity index (χ0) is 27.8. The second-order valence-electron chi connectivity index (χ2n) is 9.40. The lowest BCUT2D eigenvalue weighted by atomic mass is 9.90. The number of rotatable bonds is 11. The number of hydrogen-bond acceptors (Lipinski definition) is 9. The van der Waals surface area contributed by atoms with Crippen molar-refractivity contribution in [3.63, 3.8) is 0 Å². The van der Waals surface area contributed by atoms with Gasteiger partial charge in [0, 0.05) is 42.1 Å². The molecule has 204 valence electrons. The first-order chi connectivity index (χ1) is 18.8. The van der Waals surface area contributed by atoms with E-state index in [9.17, 15) is 19.7 Å². The fraction of sp³-hybridized carbons (Fsp3) is 0.333. The van der Waals surface area contributed by atoms with Crippen molar-refractivity contribution in [3.05, 3.63) is 76.0 Å². The van der Waals surface area contributed by atoms with E-state index in [0.29, 0.717) is 47.2 Å². The predicted octanol–water partition coefficient (Wildman–Crippen LogP) is 4.20. The first-order valence-electron chi connectivity index (χ1n) is 12.9. The molecule has 6 N–H and O–H groups in total. The maximum absolute atomic E-state index is 13.3. The first-order valence-corrected chi connectivity index (χ1v) is 12.9. The van der Waals surface area contributed by atoms with Crippen molar-refractivity contribution in [1.82, 2.24) is 15.3 Å². The molecule has 1 saturated carbocycles. The topological polar surface area (TPSA) is 177 Å². The van der Waals surface area contributed by atoms with Gasteiger partial charge in [-0.05, 0) is 62.4 Å². The Morgan fingerprint density at radius 1 is 1.10 bits per heavy atom. The number of nitrogens with two attached hydrogens (primary N) is 1. The smallest absolute Gasteiger partial charge is 0.292 e. The van der Waals surface area contributed by atoms with Crippen LogP contribution in [0, 0.1) is 10.1 Å². The third-order valence-electron chi connectivity index (χ3n) is 6.47. The molecular weight excluding hydrogens is 500 g/mol. The summed E-state index contributed by atoms with van der Waals surface area (Å²) in [6, 6.07) is 13.1. The number of para-hydroxylation sites is 2. The van der Waals surface area contributed by atoms with Gasteiger partial charge in [-0.15, -0.1) is 0 Å². The standard InChI is InChI=1S/C27H32N8O4/c1-2-14-29-25-21(16-30-27(34-25)33-18-12-10-17(11-13-18)24(28)36)26(37)32-20-7-5-6-19(15-20)31-22-8-3-4-9-23(22)35(38)39/h3-4,8-13,16,19-20,31H,2,5-7,14-15H2,1H3,(H2,28,36)(H,32,37)(H2,29,30,33,34)/t19-,20-/m0/s1. The Morgan fingerprint density at radius 3 is 2.56 bits per heavy atom. The monoisotopic (exact) mass is 532 g/mol. The quantitative estimate of drug-likeness (QED) is 0.179. The fourth-order valence-electron chi connectivity index (χ4n) is 4.52. The highest BCUT2D eigenvalue weighted by atomic mass is 16.6. The van der Waals surface area contributed by atoms with Crippen LogP contribution >= 0.6 is 0 Å². The Balaban J connectivity index is 1.44. The van der Waals surface area contributed by atoms with Gasteiger partial charge in [0.15, 0.2) is 0 Å². The molecular formula is C27H32N8O4. The van der Waals surface area contributed by atoms with Gasteiger partial charge in [-0.3, -0.25) is 19.7 Å². The SMILES string of the molecule is CCCNc1nc(Nc2ccc(C(N)=O)cc2)ncc1C(=O)N[C@H]1CCC[C@H](Nc2ccccc2[N+](=O)[O-])C1. The molecule has 0 radical (unpaired) electrons. The number of nitro groups is 1. The molecule has 2 amide bonds. The second-order valence-corrected chi connectivity index (χ2v) is 9.40. The molecule has 0 spiro atoms. The van der Waals surface area contributed by atoms with Crippen LogP contribution in [0.1, 0.15) is 59.7 Å². The van der Waals surface area contributed by atoms with Crippen molar-refractivity contribution in [2.45, 2.75) is 51.1 Å². The Hall–Kier alpha value is -4.74.